The van der Waals surface area contributed by atoms with Gasteiger partial charge in [0.15, 0.2) is 5.65 Å². The summed E-state index contributed by atoms with van der Waals surface area (Å²) in [4.78, 5) is 4.50. The Balaban J connectivity index is 1.93. The summed E-state index contributed by atoms with van der Waals surface area (Å²) in [5, 5.41) is 7.81. The average molecular weight is 260 g/mol. The van der Waals surface area contributed by atoms with Gasteiger partial charge in [-0.3, -0.25) is 0 Å². The SMILES string of the molecule is Cc1ccn2nc(NC(C)CCCC(C)C)nc2c1. The van der Waals surface area contributed by atoms with Crippen LogP contribution < -0.4 is 5.32 Å². The molecule has 2 aromatic rings. The second-order valence-corrected chi connectivity index (χ2v) is 5.81. The summed E-state index contributed by atoms with van der Waals surface area (Å²) in [5.41, 5.74) is 2.10. The molecule has 0 fully saturated rings. The van der Waals surface area contributed by atoms with Gasteiger partial charge < -0.3 is 5.32 Å². The first-order valence-corrected chi connectivity index (χ1v) is 7.14. The normalized spacial score (nSPS) is 13.1. The molecule has 0 aliphatic carbocycles. The molecule has 2 rings (SSSR count). The molecule has 1 atom stereocenters. The Labute approximate surface area is 115 Å². The van der Waals surface area contributed by atoms with Gasteiger partial charge in [-0.15, -0.1) is 5.10 Å². The number of hydrogen-bond acceptors (Lipinski definition) is 3. The van der Waals surface area contributed by atoms with Crippen molar-refractivity contribution < 1.29 is 0 Å². The molecule has 4 heteroatoms. The lowest BCUT2D eigenvalue weighted by molar-refractivity contribution is 0.519. The van der Waals surface area contributed by atoms with Gasteiger partial charge in [-0.05, 0) is 43.9 Å². The fourth-order valence-electron chi connectivity index (χ4n) is 2.17. The number of aryl methyl sites for hydroxylation is 1. The first kappa shape index (κ1) is 13.8. The minimum absolute atomic E-state index is 0.414. The van der Waals surface area contributed by atoms with E-state index in [0.29, 0.717) is 6.04 Å². The molecule has 0 aliphatic heterocycles. The lowest BCUT2D eigenvalue weighted by Gasteiger charge is -2.12. The number of nitrogens with zero attached hydrogens (tertiary/aromatic N) is 3. The van der Waals surface area contributed by atoms with Crippen LogP contribution in [0.2, 0.25) is 0 Å². The van der Waals surface area contributed by atoms with Gasteiger partial charge in [0, 0.05) is 12.2 Å². The van der Waals surface area contributed by atoms with Gasteiger partial charge >= 0.3 is 0 Å². The summed E-state index contributed by atoms with van der Waals surface area (Å²) in [7, 11) is 0. The maximum absolute atomic E-state index is 4.50. The summed E-state index contributed by atoms with van der Waals surface area (Å²) in [6, 6.07) is 4.50. The van der Waals surface area contributed by atoms with Gasteiger partial charge in [-0.2, -0.15) is 4.98 Å². The van der Waals surface area contributed by atoms with E-state index in [1.807, 2.05) is 22.8 Å². The minimum Gasteiger partial charge on any atom is -0.350 e. The predicted octanol–water partition coefficient (Wildman–Crippen LogP) is 3.66. The molecule has 0 saturated carbocycles. The molecular formula is C15H24N4. The smallest absolute Gasteiger partial charge is 0.243 e. The van der Waals surface area contributed by atoms with Crippen LogP contribution in [0.1, 0.15) is 45.6 Å². The van der Waals surface area contributed by atoms with Gasteiger partial charge in [-0.25, -0.2) is 4.52 Å². The molecule has 0 aromatic carbocycles. The third-order valence-corrected chi connectivity index (χ3v) is 3.29. The van der Waals surface area contributed by atoms with E-state index in [0.717, 1.165) is 23.9 Å². The Bertz CT molecular complexity index is 530. The zero-order valence-corrected chi connectivity index (χ0v) is 12.3. The summed E-state index contributed by atoms with van der Waals surface area (Å²) in [5.74, 6) is 1.51. The molecule has 0 saturated heterocycles. The monoisotopic (exact) mass is 260 g/mol. The molecular weight excluding hydrogens is 236 g/mol. The Hall–Kier alpha value is -1.58. The van der Waals surface area contributed by atoms with Crippen LogP contribution >= 0.6 is 0 Å². The number of anilines is 1. The number of hydrogen-bond donors (Lipinski definition) is 1. The van der Waals surface area contributed by atoms with E-state index in [9.17, 15) is 0 Å². The van der Waals surface area contributed by atoms with Crippen LogP contribution in [0, 0.1) is 12.8 Å². The highest BCUT2D eigenvalue weighted by atomic mass is 15.3. The first-order chi connectivity index (χ1) is 9.04. The quantitative estimate of drug-likeness (QED) is 0.861. The summed E-state index contributed by atoms with van der Waals surface area (Å²) >= 11 is 0. The van der Waals surface area contributed by atoms with Crippen LogP contribution in [-0.4, -0.2) is 20.6 Å². The standard InChI is InChI=1S/C15H24N4/c1-11(2)6-5-7-13(4)16-15-17-14-10-12(3)8-9-19(14)18-15/h8-11,13H,5-7H2,1-4H3,(H,16,18). The van der Waals surface area contributed by atoms with Crippen molar-refractivity contribution in [2.45, 2.75) is 53.0 Å². The zero-order valence-electron chi connectivity index (χ0n) is 12.3. The fraction of sp³-hybridized carbons (Fsp3) is 0.600. The summed E-state index contributed by atoms with van der Waals surface area (Å²) in [6.45, 7) is 8.79. The second-order valence-electron chi connectivity index (χ2n) is 5.81. The van der Waals surface area contributed by atoms with E-state index in [2.05, 4.69) is 43.1 Å². The Morgan fingerprint density at radius 3 is 2.79 bits per heavy atom. The van der Waals surface area contributed by atoms with E-state index in [4.69, 9.17) is 0 Å². The van der Waals surface area contributed by atoms with Crippen LogP contribution in [0.25, 0.3) is 5.65 Å². The third-order valence-electron chi connectivity index (χ3n) is 3.29. The van der Waals surface area contributed by atoms with Crippen molar-refractivity contribution in [3.05, 3.63) is 23.9 Å². The molecule has 19 heavy (non-hydrogen) atoms. The summed E-state index contributed by atoms with van der Waals surface area (Å²) < 4.78 is 1.82. The highest BCUT2D eigenvalue weighted by Gasteiger charge is 2.07. The van der Waals surface area contributed by atoms with Gasteiger partial charge in [0.25, 0.3) is 0 Å². The van der Waals surface area contributed by atoms with Crippen molar-refractivity contribution >= 4 is 11.6 Å². The van der Waals surface area contributed by atoms with E-state index in [-0.39, 0.29) is 0 Å². The van der Waals surface area contributed by atoms with Crippen LogP contribution in [-0.2, 0) is 0 Å². The number of rotatable bonds is 6. The van der Waals surface area contributed by atoms with Crippen LogP contribution in [0.5, 0.6) is 0 Å². The highest BCUT2D eigenvalue weighted by molar-refractivity contribution is 5.45. The molecule has 2 heterocycles. The van der Waals surface area contributed by atoms with Crippen molar-refractivity contribution in [1.82, 2.24) is 14.6 Å². The second kappa shape index (κ2) is 6.04. The average Bonchev–Trinajstić information content (AvgIpc) is 2.69. The van der Waals surface area contributed by atoms with Crippen LogP contribution in [0.15, 0.2) is 18.3 Å². The zero-order chi connectivity index (χ0) is 13.8. The van der Waals surface area contributed by atoms with Gasteiger partial charge in [0.2, 0.25) is 5.95 Å². The largest absolute Gasteiger partial charge is 0.350 e. The number of aromatic nitrogens is 3. The van der Waals surface area contributed by atoms with Crippen molar-refractivity contribution in [3.8, 4) is 0 Å². The fourth-order valence-corrected chi connectivity index (χ4v) is 2.17. The van der Waals surface area contributed by atoms with E-state index in [1.54, 1.807) is 0 Å². The van der Waals surface area contributed by atoms with Gasteiger partial charge in [-0.1, -0.05) is 26.7 Å². The molecule has 0 radical (unpaired) electrons. The van der Waals surface area contributed by atoms with Crippen molar-refractivity contribution in [2.24, 2.45) is 5.92 Å². The lowest BCUT2D eigenvalue weighted by atomic mass is 10.0. The molecule has 0 spiro atoms. The number of nitrogens with one attached hydrogen (secondary N) is 1. The van der Waals surface area contributed by atoms with E-state index < -0.39 is 0 Å². The van der Waals surface area contributed by atoms with Gasteiger partial charge in [0.05, 0.1) is 0 Å². The van der Waals surface area contributed by atoms with Crippen LogP contribution in [0.3, 0.4) is 0 Å². The highest BCUT2D eigenvalue weighted by Crippen LogP contribution is 2.12. The Morgan fingerprint density at radius 1 is 1.26 bits per heavy atom. The molecule has 1 unspecified atom stereocenters. The minimum atomic E-state index is 0.414. The number of fused-ring (bicyclic) bond motifs is 1. The Morgan fingerprint density at radius 2 is 2.05 bits per heavy atom. The van der Waals surface area contributed by atoms with Crippen molar-refractivity contribution in [3.63, 3.8) is 0 Å². The maximum Gasteiger partial charge on any atom is 0.243 e. The topological polar surface area (TPSA) is 42.2 Å². The number of pyridine rings is 1. The molecule has 2 aromatic heterocycles. The molecule has 4 nitrogen and oxygen atoms in total. The van der Waals surface area contributed by atoms with E-state index in [1.165, 1.54) is 18.4 Å². The van der Waals surface area contributed by atoms with Crippen molar-refractivity contribution in [1.29, 1.82) is 0 Å². The van der Waals surface area contributed by atoms with E-state index >= 15 is 0 Å². The molecule has 0 aliphatic rings. The third kappa shape index (κ3) is 3.94. The van der Waals surface area contributed by atoms with Gasteiger partial charge in [0.1, 0.15) is 0 Å². The van der Waals surface area contributed by atoms with Crippen molar-refractivity contribution in [2.75, 3.05) is 5.32 Å². The molecule has 0 bridgehead atoms. The summed E-state index contributed by atoms with van der Waals surface area (Å²) in [6.07, 6.45) is 5.64. The molecule has 0 amide bonds. The Kier molecular flexibility index (Phi) is 4.40. The molecule has 104 valence electrons. The maximum atomic E-state index is 4.50. The molecule has 1 N–H and O–H groups in total. The van der Waals surface area contributed by atoms with Crippen LogP contribution in [0.4, 0.5) is 5.95 Å². The first-order valence-electron chi connectivity index (χ1n) is 7.14. The lowest BCUT2D eigenvalue weighted by Crippen LogP contribution is -2.16. The predicted molar refractivity (Wildman–Crippen MR) is 79.5 cm³/mol.